The van der Waals surface area contributed by atoms with E-state index in [1.165, 1.54) is 0 Å². The Bertz CT molecular complexity index is 796. The topological polar surface area (TPSA) is 110 Å². The molecule has 7 nitrogen and oxygen atoms in total. The minimum Gasteiger partial charge on any atom is -0.330 e. The molecule has 1 aromatic carbocycles. The van der Waals surface area contributed by atoms with Crippen molar-refractivity contribution in [2.75, 3.05) is 12.3 Å². The Balaban J connectivity index is 1.66. The third-order valence-corrected chi connectivity index (χ3v) is 6.18. The van der Waals surface area contributed by atoms with Gasteiger partial charge in [-0.05, 0) is 43.7 Å². The molecule has 1 atom stereocenters. The van der Waals surface area contributed by atoms with E-state index < -0.39 is 23.8 Å². The molecule has 2 aliphatic rings. The van der Waals surface area contributed by atoms with Gasteiger partial charge in [0.25, 0.3) is 11.8 Å². The number of thioether (sulfide) groups is 1. The molecule has 1 fully saturated rings. The molecule has 150 valence electrons. The lowest BCUT2D eigenvalue weighted by Gasteiger charge is -2.27. The largest absolute Gasteiger partial charge is 0.330 e. The molecule has 2 heterocycles. The Morgan fingerprint density at radius 2 is 1.79 bits per heavy atom. The normalized spacial score (nSPS) is 19.2. The van der Waals surface area contributed by atoms with Crippen LogP contribution in [0.3, 0.4) is 0 Å². The summed E-state index contributed by atoms with van der Waals surface area (Å²) >= 11 is 1.57. The minimum absolute atomic E-state index is 0.121. The maximum Gasteiger partial charge on any atom is 0.263 e. The molecule has 1 unspecified atom stereocenters. The zero-order chi connectivity index (χ0) is 20.1. The summed E-state index contributed by atoms with van der Waals surface area (Å²) in [5, 5.41) is 2.21. The van der Waals surface area contributed by atoms with Gasteiger partial charge in [-0.3, -0.25) is 29.4 Å². The van der Waals surface area contributed by atoms with Crippen LogP contribution in [0.5, 0.6) is 0 Å². The number of benzene rings is 1. The quantitative estimate of drug-likeness (QED) is 0.371. The fraction of sp³-hybridized carbons (Fsp3) is 0.500. The highest BCUT2D eigenvalue weighted by molar-refractivity contribution is 7.99. The van der Waals surface area contributed by atoms with E-state index in [-0.39, 0.29) is 18.7 Å². The summed E-state index contributed by atoms with van der Waals surface area (Å²) in [5.41, 5.74) is 6.21. The first-order valence-corrected chi connectivity index (χ1v) is 10.7. The van der Waals surface area contributed by atoms with E-state index in [4.69, 9.17) is 5.73 Å². The fourth-order valence-electron chi connectivity index (χ4n) is 3.56. The monoisotopic (exact) mass is 403 g/mol. The number of fused-ring (bicyclic) bond motifs is 1. The number of unbranched alkanes of at least 4 members (excludes halogenated alkanes) is 4. The average Bonchev–Trinajstić information content (AvgIpc) is 2.93. The van der Waals surface area contributed by atoms with Crippen LogP contribution in [-0.4, -0.2) is 46.9 Å². The van der Waals surface area contributed by atoms with Crippen LogP contribution >= 0.6 is 11.8 Å². The molecule has 1 saturated heterocycles. The molecule has 0 aliphatic carbocycles. The molecule has 28 heavy (non-hydrogen) atoms. The molecule has 3 rings (SSSR count). The van der Waals surface area contributed by atoms with Crippen LogP contribution < -0.4 is 11.1 Å². The summed E-state index contributed by atoms with van der Waals surface area (Å²) in [6, 6.07) is 4.31. The van der Waals surface area contributed by atoms with E-state index in [9.17, 15) is 19.2 Å². The number of nitrogens with zero attached hydrogens (tertiary/aromatic N) is 1. The van der Waals surface area contributed by atoms with Crippen molar-refractivity contribution < 1.29 is 19.2 Å². The fourth-order valence-corrected chi connectivity index (χ4v) is 4.65. The molecule has 8 heteroatoms. The summed E-state index contributed by atoms with van der Waals surface area (Å²) in [4.78, 5) is 51.1. The number of carbonyl (C=O) groups is 4. The SMILES string of the molecule is NCCCCCCCSc1cccc2c1C(=O)N(C1CCC(=O)NC1=O)C2=O. The van der Waals surface area contributed by atoms with Gasteiger partial charge in [0, 0.05) is 11.3 Å². The van der Waals surface area contributed by atoms with E-state index >= 15 is 0 Å². The number of imide groups is 2. The van der Waals surface area contributed by atoms with Gasteiger partial charge in [0.15, 0.2) is 0 Å². The highest BCUT2D eigenvalue weighted by atomic mass is 32.2. The number of rotatable bonds is 9. The van der Waals surface area contributed by atoms with Crippen molar-refractivity contribution in [3.05, 3.63) is 29.3 Å². The summed E-state index contributed by atoms with van der Waals surface area (Å²) in [7, 11) is 0. The van der Waals surface area contributed by atoms with Crippen LogP contribution in [0.25, 0.3) is 0 Å². The third-order valence-electron chi connectivity index (χ3n) is 5.04. The molecular formula is C20H25N3O4S. The van der Waals surface area contributed by atoms with E-state index in [1.807, 2.05) is 6.07 Å². The van der Waals surface area contributed by atoms with Gasteiger partial charge >= 0.3 is 0 Å². The van der Waals surface area contributed by atoms with Crippen molar-refractivity contribution in [1.82, 2.24) is 10.2 Å². The summed E-state index contributed by atoms with van der Waals surface area (Å²) in [5.74, 6) is -1.00. The molecule has 0 radical (unpaired) electrons. The highest BCUT2D eigenvalue weighted by Gasteiger charge is 2.45. The smallest absolute Gasteiger partial charge is 0.263 e. The van der Waals surface area contributed by atoms with Crippen LogP contribution in [0, 0.1) is 0 Å². The van der Waals surface area contributed by atoms with Crippen molar-refractivity contribution in [2.24, 2.45) is 5.73 Å². The Labute approximate surface area is 168 Å². The number of hydrogen-bond donors (Lipinski definition) is 2. The van der Waals surface area contributed by atoms with Crippen LogP contribution in [0.4, 0.5) is 0 Å². The van der Waals surface area contributed by atoms with Crippen molar-refractivity contribution in [3.8, 4) is 0 Å². The number of nitrogens with two attached hydrogens (primary N) is 1. The van der Waals surface area contributed by atoms with Gasteiger partial charge in [-0.2, -0.15) is 0 Å². The second-order valence-corrected chi connectivity index (χ2v) is 8.17. The van der Waals surface area contributed by atoms with Gasteiger partial charge in [0.1, 0.15) is 6.04 Å². The van der Waals surface area contributed by atoms with E-state index in [0.717, 1.165) is 54.2 Å². The van der Waals surface area contributed by atoms with Crippen LogP contribution in [0.2, 0.25) is 0 Å². The van der Waals surface area contributed by atoms with E-state index in [1.54, 1.807) is 23.9 Å². The lowest BCUT2D eigenvalue weighted by molar-refractivity contribution is -0.136. The summed E-state index contributed by atoms with van der Waals surface area (Å²) < 4.78 is 0. The van der Waals surface area contributed by atoms with Crippen LogP contribution in [0.15, 0.2) is 23.1 Å². The van der Waals surface area contributed by atoms with Gasteiger partial charge in [-0.25, -0.2) is 0 Å². The summed E-state index contributed by atoms with van der Waals surface area (Å²) in [6.07, 6.45) is 5.75. The number of hydrogen-bond acceptors (Lipinski definition) is 6. The highest BCUT2D eigenvalue weighted by Crippen LogP contribution is 2.34. The first kappa shape index (κ1) is 20.5. The molecule has 0 bridgehead atoms. The average molecular weight is 404 g/mol. The predicted molar refractivity (Wildman–Crippen MR) is 106 cm³/mol. The summed E-state index contributed by atoms with van der Waals surface area (Å²) in [6.45, 7) is 0.727. The van der Waals surface area contributed by atoms with Crippen LogP contribution in [0.1, 0.15) is 65.7 Å². The third kappa shape index (κ3) is 4.28. The number of nitrogens with one attached hydrogen (secondary N) is 1. The van der Waals surface area contributed by atoms with Gasteiger partial charge in [0.2, 0.25) is 11.8 Å². The predicted octanol–water partition coefficient (Wildman–Crippen LogP) is 2.09. The Morgan fingerprint density at radius 3 is 2.54 bits per heavy atom. The molecular weight excluding hydrogens is 378 g/mol. The molecule has 0 spiro atoms. The second kappa shape index (κ2) is 9.34. The number of amides is 4. The van der Waals surface area contributed by atoms with Crippen molar-refractivity contribution >= 4 is 35.4 Å². The van der Waals surface area contributed by atoms with Gasteiger partial charge < -0.3 is 5.73 Å². The Morgan fingerprint density at radius 1 is 1.04 bits per heavy atom. The van der Waals surface area contributed by atoms with Crippen molar-refractivity contribution in [1.29, 1.82) is 0 Å². The van der Waals surface area contributed by atoms with Gasteiger partial charge in [0.05, 0.1) is 11.1 Å². The van der Waals surface area contributed by atoms with Gasteiger partial charge in [-0.1, -0.05) is 25.3 Å². The first-order valence-electron chi connectivity index (χ1n) is 9.72. The first-order chi connectivity index (χ1) is 13.5. The maximum atomic E-state index is 13.0. The van der Waals surface area contributed by atoms with E-state index in [2.05, 4.69) is 5.32 Å². The maximum absolute atomic E-state index is 13.0. The van der Waals surface area contributed by atoms with Gasteiger partial charge in [-0.15, -0.1) is 11.8 Å². The van der Waals surface area contributed by atoms with Crippen LogP contribution in [-0.2, 0) is 9.59 Å². The molecule has 0 saturated carbocycles. The zero-order valence-electron chi connectivity index (χ0n) is 15.7. The Hall–Kier alpha value is -2.19. The standard InChI is InChI=1S/C20H25N3O4S/c21-11-4-2-1-3-5-12-28-15-8-6-7-13-17(15)20(27)23(19(13)26)14-9-10-16(24)22-18(14)25/h6-8,14H,1-5,9-12,21H2,(H,22,24,25). The second-order valence-electron chi connectivity index (χ2n) is 7.03. The molecule has 0 aromatic heterocycles. The molecule has 2 aliphatic heterocycles. The Kier molecular flexibility index (Phi) is 6.85. The van der Waals surface area contributed by atoms with Crippen molar-refractivity contribution in [2.45, 2.75) is 55.9 Å². The molecule has 3 N–H and O–H groups in total. The lowest BCUT2D eigenvalue weighted by Crippen LogP contribution is -2.54. The molecule has 4 amide bonds. The minimum atomic E-state index is -0.925. The van der Waals surface area contributed by atoms with E-state index in [0.29, 0.717) is 11.1 Å². The van der Waals surface area contributed by atoms with Crippen molar-refractivity contribution in [3.63, 3.8) is 0 Å². The number of carbonyl (C=O) groups excluding carboxylic acids is 4. The molecule has 1 aromatic rings. The zero-order valence-corrected chi connectivity index (χ0v) is 16.6. The number of piperidine rings is 1. The lowest BCUT2D eigenvalue weighted by atomic mass is 10.0.